The van der Waals surface area contributed by atoms with Crippen molar-refractivity contribution in [2.45, 2.75) is 64.4 Å². The largest absolute Gasteiger partial charge is 0.377 e. The Bertz CT molecular complexity index is 318. The molecule has 0 spiro atoms. The summed E-state index contributed by atoms with van der Waals surface area (Å²) >= 11 is 0. The summed E-state index contributed by atoms with van der Waals surface area (Å²) in [5.41, 5.74) is 0. The highest BCUT2D eigenvalue weighted by Crippen LogP contribution is 2.18. The number of hydrogen-bond donors (Lipinski definition) is 0. The molecule has 21 heavy (non-hydrogen) atoms. The zero-order valence-corrected chi connectivity index (χ0v) is 13.8. The van der Waals surface area contributed by atoms with E-state index in [0.29, 0.717) is 12.0 Å². The normalized spacial score (nSPS) is 23.8. The molecule has 0 aromatic carbocycles. The molecular weight excluding hydrogens is 258 g/mol. The van der Waals surface area contributed by atoms with E-state index in [1.807, 2.05) is 0 Å². The van der Waals surface area contributed by atoms with E-state index in [1.54, 1.807) is 0 Å². The number of allylic oxidation sites excluding steroid dienone is 4. The van der Waals surface area contributed by atoms with Crippen molar-refractivity contribution in [3.8, 4) is 0 Å². The molecule has 0 bridgehead atoms. The first-order valence-electron chi connectivity index (χ1n) is 9.05. The molecule has 0 radical (unpaired) electrons. The lowest BCUT2D eigenvalue weighted by atomic mass is 9.98. The predicted octanol–water partition coefficient (Wildman–Crippen LogP) is 4.57. The lowest BCUT2D eigenvalue weighted by molar-refractivity contribution is 0.0194. The summed E-state index contributed by atoms with van der Waals surface area (Å²) in [4.78, 5) is 2.60. The monoisotopic (exact) mass is 291 g/mol. The highest BCUT2D eigenvalue weighted by molar-refractivity contribution is 5.10. The van der Waals surface area contributed by atoms with E-state index in [2.05, 4.69) is 36.1 Å². The second kappa shape index (κ2) is 10.2. The van der Waals surface area contributed by atoms with Gasteiger partial charge in [-0.15, -0.1) is 0 Å². The molecule has 1 aliphatic carbocycles. The van der Waals surface area contributed by atoms with Crippen LogP contribution in [0.5, 0.6) is 0 Å². The molecule has 120 valence electrons. The van der Waals surface area contributed by atoms with E-state index in [1.165, 1.54) is 64.5 Å². The minimum Gasteiger partial charge on any atom is -0.377 e. The average molecular weight is 291 g/mol. The second-order valence-electron chi connectivity index (χ2n) is 6.59. The fourth-order valence-electron chi connectivity index (χ4n) is 3.33. The Morgan fingerprint density at radius 1 is 1.19 bits per heavy atom. The van der Waals surface area contributed by atoms with E-state index in [9.17, 15) is 0 Å². The summed E-state index contributed by atoms with van der Waals surface area (Å²) in [5.74, 6) is 0.693. The first-order chi connectivity index (χ1) is 10.4. The fraction of sp³-hybridized carbons (Fsp3) is 0.789. The van der Waals surface area contributed by atoms with Gasteiger partial charge in [0.25, 0.3) is 0 Å². The van der Waals surface area contributed by atoms with E-state index >= 15 is 0 Å². The highest BCUT2D eigenvalue weighted by atomic mass is 16.5. The molecule has 1 fully saturated rings. The molecule has 0 N–H and O–H groups in total. The number of ether oxygens (including phenoxy) is 1. The topological polar surface area (TPSA) is 12.5 Å². The Morgan fingerprint density at radius 2 is 2.05 bits per heavy atom. The number of nitrogens with zero attached hydrogens (tertiary/aromatic N) is 1. The molecular formula is C19H33NO. The third kappa shape index (κ3) is 6.80. The van der Waals surface area contributed by atoms with Gasteiger partial charge in [-0.3, -0.25) is 0 Å². The van der Waals surface area contributed by atoms with Crippen molar-refractivity contribution in [2.24, 2.45) is 5.92 Å². The lowest BCUT2D eigenvalue weighted by Crippen LogP contribution is -2.32. The van der Waals surface area contributed by atoms with Gasteiger partial charge < -0.3 is 9.64 Å². The van der Waals surface area contributed by atoms with Crippen molar-refractivity contribution in [2.75, 3.05) is 26.2 Å². The molecule has 2 nitrogen and oxygen atoms in total. The zero-order chi connectivity index (χ0) is 14.8. The summed E-state index contributed by atoms with van der Waals surface area (Å²) in [5, 5.41) is 0. The average Bonchev–Trinajstić information content (AvgIpc) is 3.01. The van der Waals surface area contributed by atoms with E-state index in [0.717, 1.165) is 13.2 Å². The van der Waals surface area contributed by atoms with Gasteiger partial charge in [-0.2, -0.15) is 0 Å². The smallest absolute Gasteiger partial charge is 0.0702 e. The maximum Gasteiger partial charge on any atom is 0.0702 e. The Balaban J connectivity index is 1.66. The van der Waals surface area contributed by atoms with Crippen LogP contribution in [0.2, 0.25) is 0 Å². The van der Waals surface area contributed by atoms with Crippen LogP contribution < -0.4 is 0 Å². The van der Waals surface area contributed by atoms with Gasteiger partial charge in [0, 0.05) is 13.2 Å². The molecule has 0 aromatic rings. The molecule has 1 saturated heterocycles. The summed E-state index contributed by atoms with van der Waals surface area (Å²) in [7, 11) is 0. The molecule has 0 saturated carbocycles. The molecule has 2 heteroatoms. The Morgan fingerprint density at radius 3 is 2.76 bits per heavy atom. The van der Waals surface area contributed by atoms with Crippen LogP contribution in [0.25, 0.3) is 0 Å². The minimum atomic E-state index is 0.456. The van der Waals surface area contributed by atoms with Gasteiger partial charge in [-0.05, 0) is 51.1 Å². The van der Waals surface area contributed by atoms with Crippen molar-refractivity contribution in [1.29, 1.82) is 0 Å². The number of hydrogen-bond acceptors (Lipinski definition) is 2. The second-order valence-corrected chi connectivity index (χ2v) is 6.59. The van der Waals surface area contributed by atoms with Crippen molar-refractivity contribution in [3.63, 3.8) is 0 Å². The summed E-state index contributed by atoms with van der Waals surface area (Å²) < 4.78 is 6.25. The summed E-state index contributed by atoms with van der Waals surface area (Å²) in [6, 6.07) is 0. The van der Waals surface area contributed by atoms with Crippen molar-refractivity contribution < 1.29 is 4.74 Å². The van der Waals surface area contributed by atoms with Crippen molar-refractivity contribution in [3.05, 3.63) is 24.3 Å². The van der Waals surface area contributed by atoms with Gasteiger partial charge in [0.1, 0.15) is 0 Å². The third-order valence-corrected chi connectivity index (χ3v) is 4.70. The molecule has 1 unspecified atom stereocenters. The summed E-state index contributed by atoms with van der Waals surface area (Å²) in [6.45, 7) is 6.92. The molecule has 0 amide bonds. The van der Waals surface area contributed by atoms with Crippen LogP contribution in [0.1, 0.15) is 58.3 Å². The van der Waals surface area contributed by atoms with Gasteiger partial charge in [-0.25, -0.2) is 0 Å². The first-order valence-corrected chi connectivity index (χ1v) is 9.05. The number of unbranched alkanes of at least 4 members (excludes halogenated alkanes) is 2. The van der Waals surface area contributed by atoms with Crippen LogP contribution in [0.3, 0.4) is 0 Å². The zero-order valence-electron chi connectivity index (χ0n) is 13.8. The lowest BCUT2D eigenvalue weighted by Gasteiger charge is -2.24. The molecule has 2 atom stereocenters. The van der Waals surface area contributed by atoms with Crippen LogP contribution in [0.15, 0.2) is 24.3 Å². The standard InChI is InChI=1S/C19H33NO/c1-2-3-5-12-19(17-20-14-8-9-15-20)21-16-13-18-10-6-4-7-11-18/h4,6-7,10,18-19H,2-3,5,8-9,11-17H2,1H3/t18?,19-/m0/s1. The van der Waals surface area contributed by atoms with Crippen LogP contribution in [-0.2, 0) is 4.74 Å². The van der Waals surface area contributed by atoms with Gasteiger partial charge in [0.2, 0.25) is 0 Å². The first kappa shape index (κ1) is 16.8. The van der Waals surface area contributed by atoms with Crippen LogP contribution in [-0.4, -0.2) is 37.2 Å². The maximum absolute atomic E-state index is 6.25. The third-order valence-electron chi connectivity index (χ3n) is 4.70. The molecule has 2 aliphatic rings. The Labute approximate surface area is 131 Å². The van der Waals surface area contributed by atoms with Crippen LogP contribution in [0.4, 0.5) is 0 Å². The summed E-state index contributed by atoms with van der Waals surface area (Å²) in [6.07, 6.45) is 19.7. The number of likely N-dealkylation sites (tertiary alicyclic amines) is 1. The van der Waals surface area contributed by atoms with Crippen molar-refractivity contribution >= 4 is 0 Å². The van der Waals surface area contributed by atoms with E-state index in [-0.39, 0.29) is 0 Å². The predicted molar refractivity (Wildman–Crippen MR) is 90.6 cm³/mol. The highest BCUT2D eigenvalue weighted by Gasteiger charge is 2.18. The Kier molecular flexibility index (Phi) is 8.13. The van der Waals surface area contributed by atoms with Crippen LogP contribution in [0, 0.1) is 5.92 Å². The van der Waals surface area contributed by atoms with E-state index in [4.69, 9.17) is 4.74 Å². The molecule has 1 aliphatic heterocycles. The minimum absolute atomic E-state index is 0.456. The quantitative estimate of drug-likeness (QED) is 0.547. The van der Waals surface area contributed by atoms with Crippen molar-refractivity contribution in [1.82, 2.24) is 4.90 Å². The molecule has 0 aromatic heterocycles. The molecule has 1 heterocycles. The fourth-order valence-corrected chi connectivity index (χ4v) is 3.33. The van der Waals surface area contributed by atoms with Crippen LogP contribution >= 0.6 is 0 Å². The maximum atomic E-state index is 6.25. The SMILES string of the molecule is CCCCC[C@@H](CN1CCCC1)OCCC1C=CC=CC1. The van der Waals surface area contributed by atoms with Gasteiger partial charge in [0.15, 0.2) is 0 Å². The Hall–Kier alpha value is -0.600. The van der Waals surface area contributed by atoms with E-state index < -0.39 is 0 Å². The van der Waals surface area contributed by atoms with Gasteiger partial charge in [-0.1, -0.05) is 50.5 Å². The molecule has 2 rings (SSSR count). The van der Waals surface area contributed by atoms with Gasteiger partial charge in [0.05, 0.1) is 6.10 Å². The number of rotatable bonds is 10. The van der Waals surface area contributed by atoms with Gasteiger partial charge >= 0.3 is 0 Å².